The molecular weight excluding hydrogens is 366 g/mol. The van der Waals surface area contributed by atoms with E-state index in [1.807, 2.05) is 35.7 Å². The van der Waals surface area contributed by atoms with E-state index in [2.05, 4.69) is 5.32 Å². The molecule has 2 aromatic rings. The van der Waals surface area contributed by atoms with E-state index in [-0.39, 0.29) is 12.3 Å². The summed E-state index contributed by atoms with van der Waals surface area (Å²) in [5, 5.41) is 14.1. The van der Waals surface area contributed by atoms with Crippen LogP contribution in [0.3, 0.4) is 0 Å². The molecule has 0 saturated heterocycles. The fourth-order valence-electron chi connectivity index (χ4n) is 2.03. The number of anilines is 1. The molecule has 0 aliphatic carbocycles. The molecule has 0 aliphatic heterocycles. The van der Waals surface area contributed by atoms with Crippen molar-refractivity contribution in [3.05, 3.63) is 51.2 Å². The smallest absolute Gasteiger partial charge is 0.304 e. The number of thiophene rings is 1. The van der Waals surface area contributed by atoms with Gasteiger partial charge in [0, 0.05) is 33.9 Å². The molecule has 1 aromatic carbocycles. The fraction of sp³-hybridized carbons (Fsp3) is 0.294. The van der Waals surface area contributed by atoms with Gasteiger partial charge in [-0.3, -0.25) is 9.59 Å². The molecule has 0 fully saturated rings. The number of benzene rings is 1. The molecule has 0 unspecified atom stereocenters. The molecule has 0 aliphatic rings. The third-order valence-electron chi connectivity index (χ3n) is 3.16. The summed E-state index contributed by atoms with van der Waals surface area (Å²) in [4.78, 5) is 23.6. The Kier molecular flexibility index (Phi) is 7.62. The summed E-state index contributed by atoms with van der Waals surface area (Å²) in [7, 11) is 0. The van der Waals surface area contributed by atoms with E-state index in [9.17, 15) is 9.59 Å². The minimum Gasteiger partial charge on any atom is -0.481 e. The Morgan fingerprint density at radius 2 is 2.08 bits per heavy atom. The quantitative estimate of drug-likeness (QED) is 0.617. The lowest BCUT2D eigenvalue weighted by atomic mass is 10.2. The minimum absolute atomic E-state index is 0.0322. The first-order valence-corrected chi connectivity index (χ1v) is 9.85. The van der Waals surface area contributed by atoms with Gasteiger partial charge in [-0.2, -0.15) is 11.8 Å². The van der Waals surface area contributed by atoms with E-state index in [4.69, 9.17) is 16.7 Å². The average molecular weight is 384 g/mol. The SMILES string of the molecule is O=C(O)CCSCc1cccc(NC(=O)CCc2cc(Cl)cs2)c1. The summed E-state index contributed by atoms with van der Waals surface area (Å²) < 4.78 is 0. The van der Waals surface area contributed by atoms with Crippen molar-refractivity contribution in [3.8, 4) is 0 Å². The van der Waals surface area contributed by atoms with Crippen LogP contribution in [0.5, 0.6) is 0 Å². The lowest BCUT2D eigenvalue weighted by molar-refractivity contribution is -0.136. The number of thioether (sulfide) groups is 1. The van der Waals surface area contributed by atoms with Gasteiger partial charge in [0.15, 0.2) is 0 Å². The van der Waals surface area contributed by atoms with E-state index in [1.165, 1.54) is 0 Å². The lowest BCUT2D eigenvalue weighted by Crippen LogP contribution is -2.12. The first-order valence-electron chi connectivity index (χ1n) is 7.44. The van der Waals surface area contributed by atoms with Crippen molar-refractivity contribution in [2.45, 2.75) is 25.0 Å². The van der Waals surface area contributed by atoms with Gasteiger partial charge >= 0.3 is 5.97 Å². The van der Waals surface area contributed by atoms with E-state index >= 15 is 0 Å². The van der Waals surface area contributed by atoms with Crippen LogP contribution in [-0.2, 0) is 21.8 Å². The largest absolute Gasteiger partial charge is 0.481 e. The molecule has 0 atom stereocenters. The van der Waals surface area contributed by atoms with Crippen LogP contribution in [0, 0.1) is 0 Å². The van der Waals surface area contributed by atoms with Gasteiger partial charge in [-0.25, -0.2) is 0 Å². The van der Waals surface area contributed by atoms with Crippen molar-refractivity contribution in [1.29, 1.82) is 0 Å². The van der Waals surface area contributed by atoms with Crippen molar-refractivity contribution >= 4 is 52.3 Å². The Morgan fingerprint density at radius 3 is 2.79 bits per heavy atom. The van der Waals surface area contributed by atoms with Crippen LogP contribution >= 0.6 is 34.7 Å². The monoisotopic (exact) mass is 383 g/mol. The van der Waals surface area contributed by atoms with Gasteiger partial charge in [-0.1, -0.05) is 23.7 Å². The highest BCUT2D eigenvalue weighted by Crippen LogP contribution is 2.21. The van der Waals surface area contributed by atoms with Crippen LogP contribution in [0.25, 0.3) is 0 Å². The Bertz CT molecular complexity index is 703. The van der Waals surface area contributed by atoms with E-state index in [0.29, 0.717) is 23.6 Å². The molecule has 128 valence electrons. The first kappa shape index (κ1) is 18.8. The molecule has 0 radical (unpaired) electrons. The van der Waals surface area contributed by atoms with Crippen molar-refractivity contribution in [3.63, 3.8) is 0 Å². The maximum Gasteiger partial charge on any atom is 0.304 e. The standard InChI is InChI=1S/C17H18ClNO3S2/c18-13-9-15(24-11-13)4-5-16(20)19-14-3-1-2-12(8-14)10-23-7-6-17(21)22/h1-3,8-9,11H,4-7,10H2,(H,19,20)(H,21,22). The van der Waals surface area contributed by atoms with Crippen molar-refractivity contribution in [2.24, 2.45) is 0 Å². The van der Waals surface area contributed by atoms with E-state index < -0.39 is 5.97 Å². The lowest BCUT2D eigenvalue weighted by Gasteiger charge is -2.07. The van der Waals surface area contributed by atoms with Crippen molar-refractivity contribution in [1.82, 2.24) is 0 Å². The van der Waals surface area contributed by atoms with Crippen LogP contribution in [0.2, 0.25) is 5.02 Å². The van der Waals surface area contributed by atoms with Gasteiger partial charge in [0.1, 0.15) is 0 Å². The fourth-order valence-corrected chi connectivity index (χ4v) is 3.99. The number of hydrogen-bond donors (Lipinski definition) is 2. The van der Waals surface area contributed by atoms with Gasteiger partial charge < -0.3 is 10.4 Å². The zero-order chi connectivity index (χ0) is 17.4. The molecule has 0 saturated carbocycles. The topological polar surface area (TPSA) is 66.4 Å². The summed E-state index contributed by atoms with van der Waals surface area (Å²) in [6.07, 6.45) is 1.25. The molecule has 24 heavy (non-hydrogen) atoms. The maximum absolute atomic E-state index is 12.0. The van der Waals surface area contributed by atoms with Gasteiger partial charge in [-0.15, -0.1) is 11.3 Å². The molecule has 2 rings (SSSR count). The summed E-state index contributed by atoms with van der Waals surface area (Å²) in [6, 6.07) is 9.52. The van der Waals surface area contributed by atoms with Gasteiger partial charge in [0.2, 0.25) is 5.91 Å². The van der Waals surface area contributed by atoms with Crippen LogP contribution in [0.4, 0.5) is 5.69 Å². The molecule has 0 spiro atoms. The molecule has 1 heterocycles. The number of carbonyl (C=O) groups excluding carboxylic acids is 1. The van der Waals surface area contributed by atoms with Crippen LogP contribution < -0.4 is 5.32 Å². The van der Waals surface area contributed by atoms with Gasteiger partial charge in [-0.05, 0) is 30.2 Å². The number of rotatable bonds is 9. The van der Waals surface area contributed by atoms with Gasteiger partial charge in [0.05, 0.1) is 11.4 Å². The average Bonchev–Trinajstić information content (AvgIpc) is 2.95. The Labute approximate surface area is 154 Å². The second-order valence-electron chi connectivity index (χ2n) is 5.18. The minimum atomic E-state index is -0.782. The molecule has 4 nitrogen and oxygen atoms in total. The summed E-state index contributed by atoms with van der Waals surface area (Å²) in [5.74, 6) is 0.491. The number of nitrogens with one attached hydrogen (secondary N) is 1. The highest BCUT2D eigenvalue weighted by atomic mass is 35.5. The summed E-state index contributed by atoms with van der Waals surface area (Å²) in [5.41, 5.74) is 1.83. The van der Waals surface area contributed by atoms with Crippen molar-refractivity contribution in [2.75, 3.05) is 11.1 Å². The highest BCUT2D eigenvalue weighted by Gasteiger charge is 2.06. The predicted octanol–water partition coefficient (Wildman–Crippen LogP) is 4.68. The number of amides is 1. The molecular formula is C17H18ClNO3S2. The maximum atomic E-state index is 12.0. The molecule has 7 heteroatoms. The zero-order valence-electron chi connectivity index (χ0n) is 13.0. The van der Waals surface area contributed by atoms with Crippen molar-refractivity contribution < 1.29 is 14.7 Å². The normalized spacial score (nSPS) is 10.5. The van der Waals surface area contributed by atoms with E-state index in [0.717, 1.165) is 21.9 Å². The van der Waals surface area contributed by atoms with Gasteiger partial charge in [0.25, 0.3) is 0 Å². The first-order chi connectivity index (χ1) is 11.5. The number of aliphatic carboxylic acids is 1. The van der Waals surface area contributed by atoms with E-state index in [1.54, 1.807) is 23.1 Å². The third-order valence-corrected chi connectivity index (χ3v) is 5.53. The van der Waals surface area contributed by atoms with Crippen LogP contribution in [0.1, 0.15) is 23.3 Å². The summed E-state index contributed by atoms with van der Waals surface area (Å²) >= 11 is 8.99. The number of aryl methyl sites for hydroxylation is 1. The number of carbonyl (C=O) groups is 2. The Morgan fingerprint density at radius 1 is 1.25 bits per heavy atom. The second-order valence-corrected chi connectivity index (χ2v) is 7.71. The second kappa shape index (κ2) is 9.71. The molecule has 1 amide bonds. The van der Waals surface area contributed by atoms with Crippen LogP contribution in [0.15, 0.2) is 35.7 Å². The summed E-state index contributed by atoms with van der Waals surface area (Å²) in [6.45, 7) is 0. The Balaban J connectivity index is 1.78. The van der Waals surface area contributed by atoms with Crippen LogP contribution in [-0.4, -0.2) is 22.7 Å². The Hall–Kier alpha value is -1.50. The zero-order valence-corrected chi connectivity index (χ0v) is 15.3. The number of carboxylic acid groups (broad SMARTS) is 1. The molecule has 2 N–H and O–H groups in total. The number of carboxylic acids is 1. The third kappa shape index (κ3) is 6.95. The predicted molar refractivity (Wildman–Crippen MR) is 101 cm³/mol. The number of halogens is 1. The number of hydrogen-bond acceptors (Lipinski definition) is 4. The molecule has 1 aromatic heterocycles. The highest BCUT2D eigenvalue weighted by molar-refractivity contribution is 7.98. The molecule has 0 bridgehead atoms.